The minimum absolute atomic E-state index is 0.0414. The molecule has 2 heterocycles. The normalized spacial score (nSPS) is 19.7. The third kappa shape index (κ3) is 4.70. The monoisotopic (exact) mass is 335 g/mol. The lowest BCUT2D eigenvalue weighted by atomic mass is 10.0. The Bertz CT molecular complexity index is 518. The third-order valence-electron chi connectivity index (χ3n) is 4.78. The highest BCUT2D eigenvalue weighted by Crippen LogP contribution is 2.18. The molecule has 126 valence electrons. The van der Waals surface area contributed by atoms with Gasteiger partial charge < -0.3 is 15.5 Å². The largest absolute Gasteiger partial charge is 0.342 e. The number of thiophene rings is 1. The zero-order chi connectivity index (χ0) is 16.1. The lowest BCUT2D eigenvalue weighted by Gasteiger charge is -2.32. The van der Waals surface area contributed by atoms with Gasteiger partial charge in [-0.3, -0.25) is 4.79 Å². The van der Waals surface area contributed by atoms with Crippen LogP contribution in [0.15, 0.2) is 17.5 Å². The Morgan fingerprint density at radius 2 is 1.74 bits per heavy atom. The third-order valence-corrected chi connectivity index (χ3v) is 5.66. The van der Waals surface area contributed by atoms with E-state index in [1.165, 1.54) is 12.8 Å². The summed E-state index contributed by atoms with van der Waals surface area (Å²) in [6.07, 6.45) is 6.82. The standard InChI is InChI=1S/C17H25N3O2S/c21-16(12-15-6-3-11-23-15)20-9-7-14(8-10-20)19-17(22)18-13-4-1-2-5-13/h3,6,11,13-14H,1-2,4-5,7-10,12H2,(H2,18,19,22). The van der Waals surface area contributed by atoms with Gasteiger partial charge in [-0.1, -0.05) is 18.9 Å². The van der Waals surface area contributed by atoms with Crippen molar-refractivity contribution in [1.82, 2.24) is 15.5 Å². The van der Waals surface area contributed by atoms with Crippen LogP contribution in [0.3, 0.4) is 0 Å². The van der Waals surface area contributed by atoms with Gasteiger partial charge in [0.05, 0.1) is 6.42 Å². The first-order valence-electron chi connectivity index (χ1n) is 8.58. The molecular weight excluding hydrogens is 310 g/mol. The minimum atomic E-state index is -0.0414. The van der Waals surface area contributed by atoms with Gasteiger partial charge in [0, 0.05) is 30.1 Å². The van der Waals surface area contributed by atoms with Gasteiger partial charge >= 0.3 is 6.03 Å². The van der Waals surface area contributed by atoms with Crippen molar-refractivity contribution in [1.29, 1.82) is 0 Å². The molecule has 1 aromatic rings. The number of likely N-dealkylation sites (tertiary alicyclic amines) is 1. The molecule has 0 aromatic carbocycles. The quantitative estimate of drug-likeness (QED) is 0.888. The van der Waals surface area contributed by atoms with E-state index >= 15 is 0 Å². The molecule has 0 radical (unpaired) electrons. The highest BCUT2D eigenvalue weighted by Gasteiger charge is 2.25. The van der Waals surface area contributed by atoms with Crippen molar-refractivity contribution in [3.05, 3.63) is 22.4 Å². The Morgan fingerprint density at radius 1 is 1.09 bits per heavy atom. The maximum absolute atomic E-state index is 12.3. The van der Waals surface area contributed by atoms with Crippen molar-refractivity contribution in [2.45, 2.75) is 57.0 Å². The molecule has 1 aliphatic carbocycles. The SMILES string of the molecule is O=C(NC1CCCC1)NC1CCN(C(=O)Cc2cccs2)CC1. The van der Waals surface area contributed by atoms with Crippen LogP contribution >= 0.6 is 11.3 Å². The van der Waals surface area contributed by atoms with Crippen molar-refractivity contribution in [2.75, 3.05) is 13.1 Å². The maximum Gasteiger partial charge on any atom is 0.315 e. The number of hydrogen-bond donors (Lipinski definition) is 2. The highest BCUT2D eigenvalue weighted by molar-refractivity contribution is 7.10. The second kappa shape index (κ2) is 7.81. The number of piperidine rings is 1. The Balaban J connectivity index is 1.37. The fourth-order valence-electron chi connectivity index (χ4n) is 3.43. The summed E-state index contributed by atoms with van der Waals surface area (Å²) in [4.78, 5) is 27.3. The van der Waals surface area contributed by atoms with E-state index in [4.69, 9.17) is 0 Å². The highest BCUT2D eigenvalue weighted by atomic mass is 32.1. The van der Waals surface area contributed by atoms with Crippen LogP contribution in [0.5, 0.6) is 0 Å². The summed E-state index contributed by atoms with van der Waals surface area (Å²) in [6, 6.07) is 4.47. The average molecular weight is 335 g/mol. The first kappa shape index (κ1) is 16.3. The fraction of sp³-hybridized carbons (Fsp3) is 0.647. The Kier molecular flexibility index (Phi) is 5.54. The molecule has 1 aliphatic heterocycles. The molecule has 0 spiro atoms. The molecule has 3 amide bonds. The van der Waals surface area contributed by atoms with Gasteiger partial charge in [0.25, 0.3) is 0 Å². The average Bonchev–Trinajstić information content (AvgIpc) is 3.21. The van der Waals surface area contributed by atoms with Crippen LogP contribution in [0.2, 0.25) is 0 Å². The number of nitrogens with one attached hydrogen (secondary N) is 2. The van der Waals surface area contributed by atoms with E-state index in [1.807, 2.05) is 22.4 Å². The summed E-state index contributed by atoms with van der Waals surface area (Å²) >= 11 is 1.63. The molecule has 0 unspecified atom stereocenters. The molecule has 6 heteroatoms. The van der Waals surface area contributed by atoms with Crippen molar-refractivity contribution in [2.24, 2.45) is 0 Å². The maximum atomic E-state index is 12.3. The van der Waals surface area contributed by atoms with Crippen LogP contribution < -0.4 is 10.6 Å². The number of nitrogens with zero attached hydrogens (tertiary/aromatic N) is 1. The Labute approximate surface area is 141 Å². The van der Waals surface area contributed by atoms with Gasteiger partial charge in [-0.05, 0) is 37.1 Å². The topological polar surface area (TPSA) is 61.4 Å². The molecule has 5 nitrogen and oxygen atoms in total. The zero-order valence-electron chi connectivity index (χ0n) is 13.4. The summed E-state index contributed by atoms with van der Waals surface area (Å²) in [7, 11) is 0. The van der Waals surface area contributed by atoms with Gasteiger partial charge in [0.2, 0.25) is 5.91 Å². The summed E-state index contributed by atoms with van der Waals surface area (Å²) in [5.41, 5.74) is 0. The first-order valence-corrected chi connectivity index (χ1v) is 9.46. The van der Waals surface area contributed by atoms with Crippen LogP contribution in [0, 0.1) is 0 Å². The molecule has 0 atom stereocenters. The molecule has 2 N–H and O–H groups in total. The van der Waals surface area contributed by atoms with Crippen LogP contribution in [-0.2, 0) is 11.2 Å². The second-order valence-corrected chi connectivity index (χ2v) is 7.54. The predicted molar refractivity (Wildman–Crippen MR) is 91.5 cm³/mol. The minimum Gasteiger partial charge on any atom is -0.342 e. The molecule has 1 saturated carbocycles. The molecule has 23 heavy (non-hydrogen) atoms. The molecule has 2 aliphatic rings. The zero-order valence-corrected chi connectivity index (χ0v) is 14.2. The van der Waals surface area contributed by atoms with Gasteiger partial charge in [0.15, 0.2) is 0 Å². The van der Waals surface area contributed by atoms with E-state index in [1.54, 1.807) is 11.3 Å². The van der Waals surface area contributed by atoms with Crippen LogP contribution in [0.25, 0.3) is 0 Å². The van der Waals surface area contributed by atoms with Crippen molar-refractivity contribution in [3.8, 4) is 0 Å². The summed E-state index contributed by atoms with van der Waals surface area (Å²) in [5, 5.41) is 8.13. The number of urea groups is 1. The molecular formula is C17H25N3O2S. The van der Waals surface area contributed by atoms with Crippen LogP contribution in [0.4, 0.5) is 4.79 Å². The first-order chi connectivity index (χ1) is 11.2. The van der Waals surface area contributed by atoms with Gasteiger partial charge in [-0.15, -0.1) is 11.3 Å². The molecule has 2 fully saturated rings. The molecule has 0 bridgehead atoms. The van der Waals surface area contributed by atoms with Crippen molar-refractivity contribution < 1.29 is 9.59 Å². The Morgan fingerprint density at radius 3 is 2.35 bits per heavy atom. The molecule has 3 rings (SSSR count). The molecule has 1 aromatic heterocycles. The van der Waals surface area contributed by atoms with E-state index in [9.17, 15) is 9.59 Å². The van der Waals surface area contributed by atoms with Crippen LogP contribution in [-0.4, -0.2) is 42.0 Å². The lowest BCUT2D eigenvalue weighted by Crippen LogP contribution is -2.50. The molecule has 1 saturated heterocycles. The second-order valence-electron chi connectivity index (χ2n) is 6.51. The van der Waals surface area contributed by atoms with Gasteiger partial charge in [0.1, 0.15) is 0 Å². The lowest BCUT2D eigenvalue weighted by molar-refractivity contribution is -0.131. The number of hydrogen-bond acceptors (Lipinski definition) is 3. The number of rotatable bonds is 4. The van der Waals surface area contributed by atoms with Crippen molar-refractivity contribution >= 4 is 23.3 Å². The number of carbonyl (C=O) groups excluding carboxylic acids is 2. The smallest absolute Gasteiger partial charge is 0.315 e. The van der Waals surface area contributed by atoms with Gasteiger partial charge in [-0.2, -0.15) is 0 Å². The Hall–Kier alpha value is -1.56. The van der Waals surface area contributed by atoms with E-state index in [0.717, 1.165) is 43.6 Å². The summed E-state index contributed by atoms with van der Waals surface area (Å²) in [5.74, 6) is 0.196. The van der Waals surface area contributed by atoms with Gasteiger partial charge in [-0.25, -0.2) is 4.79 Å². The number of amides is 3. The van der Waals surface area contributed by atoms with E-state index in [-0.39, 0.29) is 18.0 Å². The van der Waals surface area contributed by atoms with E-state index in [0.29, 0.717) is 12.5 Å². The fourth-order valence-corrected chi connectivity index (χ4v) is 4.13. The summed E-state index contributed by atoms with van der Waals surface area (Å²) < 4.78 is 0. The van der Waals surface area contributed by atoms with Crippen LogP contribution in [0.1, 0.15) is 43.4 Å². The predicted octanol–water partition coefficient (Wildman–Crippen LogP) is 2.52. The van der Waals surface area contributed by atoms with E-state index < -0.39 is 0 Å². The van der Waals surface area contributed by atoms with Crippen molar-refractivity contribution in [3.63, 3.8) is 0 Å². The van der Waals surface area contributed by atoms with E-state index in [2.05, 4.69) is 10.6 Å². The summed E-state index contributed by atoms with van der Waals surface area (Å²) in [6.45, 7) is 1.47. The number of carbonyl (C=O) groups is 2.